The lowest BCUT2D eigenvalue weighted by Gasteiger charge is -2.23. The van der Waals surface area contributed by atoms with E-state index in [0.717, 1.165) is 21.1 Å². The molecule has 10 heteroatoms. The van der Waals surface area contributed by atoms with E-state index in [0.29, 0.717) is 36.0 Å². The summed E-state index contributed by atoms with van der Waals surface area (Å²) in [6.07, 6.45) is 0.511. The molecule has 0 aliphatic carbocycles. The van der Waals surface area contributed by atoms with Crippen LogP contribution < -0.4 is 10.1 Å². The van der Waals surface area contributed by atoms with Crippen LogP contribution in [0.2, 0.25) is 0 Å². The van der Waals surface area contributed by atoms with Crippen LogP contribution in [0.15, 0.2) is 64.0 Å². The third-order valence-electron chi connectivity index (χ3n) is 6.25. The Labute approximate surface area is 225 Å². The molecule has 0 saturated heterocycles. The molecule has 0 amide bonds. The van der Waals surface area contributed by atoms with Crippen molar-refractivity contribution in [2.45, 2.75) is 37.1 Å². The monoisotopic (exact) mass is 587 g/mol. The van der Waals surface area contributed by atoms with Crippen molar-refractivity contribution in [3.63, 3.8) is 0 Å². The molecule has 4 aromatic rings. The van der Waals surface area contributed by atoms with Gasteiger partial charge in [0.15, 0.2) is 0 Å². The second kappa shape index (κ2) is 11.2. The van der Waals surface area contributed by atoms with Crippen LogP contribution in [0.1, 0.15) is 43.4 Å². The van der Waals surface area contributed by atoms with E-state index in [-0.39, 0.29) is 16.6 Å². The molecule has 0 aliphatic heterocycles. The number of rotatable bonds is 10. The number of benzene rings is 3. The van der Waals surface area contributed by atoms with Gasteiger partial charge in [0.2, 0.25) is 0 Å². The maximum atomic E-state index is 12.0. The minimum atomic E-state index is -4.42. The quantitative estimate of drug-likeness (QED) is 0.180. The Morgan fingerprint density at radius 2 is 1.81 bits per heavy atom. The minimum Gasteiger partial charge on any atom is -0.494 e. The predicted molar refractivity (Wildman–Crippen MR) is 149 cm³/mol. The van der Waals surface area contributed by atoms with Crippen molar-refractivity contribution in [2.75, 3.05) is 26.1 Å². The van der Waals surface area contributed by atoms with E-state index in [1.165, 1.54) is 11.6 Å². The molecule has 3 N–H and O–H groups in total. The van der Waals surface area contributed by atoms with Crippen LogP contribution in [0.5, 0.6) is 5.75 Å². The van der Waals surface area contributed by atoms with Gasteiger partial charge in [-0.05, 0) is 57.6 Å². The lowest BCUT2D eigenvalue weighted by atomic mass is 10.0. The van der Waals surface area contributed by atoms with Gasteiger partial charge in [0, 0.05) is 19.3 Å². The Hall–Kier alpha value is -2.92. The molecule has 37 heavy (non-hydrogen) atoms. The summed E-state index contributed by atoms with van der Waals surface area (Å²) in [7, 11) is -1.23. The van der Waals surface area contributed by atoms with Gasteiger partial charge in [-0.3, -0.25) is 4.55 Å². The van der Waals surface area contributed by atoms with Crippen molar-refractivity contribution in [3.8, 4) is 17.1 Å². The number of aromatic amines is 1. The van der Waals surface area contributed by atoms with Gasteiger partial charge in [-0.15, -0.1) is 0 Å². The van der Waals surface area contributed by atoms with Crippen LogP contribution in [0.4, 0.5) is 5.69 Å². The zero-order valence-electron chi connectivity index (χ0n) is 21.1. The first-order chi connectivity index (χ1) is 17.6. The average molecular weight is 589 g/mol. The maximum absolute atomic E-state index is 12.0. The topological polar surface area (TPSA) is 114 Å². The summed E-state index contributed by atoms with van der Waals surface area (Å²) in [6, 6.07) is 16.0. The number of ether oxygens (including phenoxy) is 2. The first kappa shape index (κ1) is 27.1. The van der Waals surface area contributed by atoms with Gasteiger partial charge in [0.25, 0.3) is 10.1 Å². The summed E-state index contributed by atoms with van der Waals surface area (Å²) in [6.45, 7) is 4.72. The maximum Gasteiger partial charge on any atom is 0.296 e. The number of imidazole rings is 1. The molecule has 0 radical (unpaired) electrons. The van der Waals surface area contributed by atoms with Crippen molar-refractivity contribution in [3.05, 3.63) is 70.2 Å². The van der Waals surface area contributed by atoms with Gasteiger partial charge >= 0.3 is 0 Å². The average Bonchev–Trinajstić information content (AvgIpc) is 3.33. The Balaban J connectivity index is 1.81. The molecule has 0 spiro atoms. The molecule has 0 aliphatic rings. The van der Waals surface area contributed by atoms with Crippen molar-refractivity contribution in [1.82, 2.24) is 9.97 Å². The van der Waals surface area contributed by atoms with Crippen molar-refractivity contribution < 1.29 is 22.4 Å². The summed E-state index contributed by atoms with van der Waals surface area (Å²) in [4.78, 5) is 8.06. The summed E-state index contributed by atoms with van der Waals surface area (Å²) in [5.41, 5.74) is 4.71. The summed E-state index contributed by atoms with van der Waals surface area (Å²) >= 11 is 3.74. The third kappa shape index (κ3) is 5.82. The van der Waals surface area contributed by atoms with Gasteiger partial charge < -0.3 is 19.8 Å². The number of anilines is 1. The number of hydrogen-bond donors (Lipinski definition) is 3. The fourth-order valence-corrected chi connectivity index (χ4v) is 5.57. The minimum absolute atomic E-state index is 0.200. The molecule has 1 heterocycles. The molecule has 0 saturated carbocycles. The number of aromatic nitrogens is 2. The van der Waals surface area contributed by atoms with Gasteiger partial charge in [0.1, 0.15) is 27.5 Å². The van der Waals surface area contributed by atoms with Crippen LogP contribution >= 0.6 is 15.9 Å². The van der Waals surface area contributed by atoms with E-state index in [1.807, 2.05) is 18.2 Å². The molecule has 0 bridgehead atoms. The number of hydrogen-bond acceptors (Lipinski definition) is 6. The molecule has 4 rings (SSSR count). The van der Waals surface area contributed by atoms with Gasteiger partial charge in [0.05, 0.1) is 23.3 Å². The van der Waals surface area contributed by atoms with Crippen LogP contribution in [-0.4, -0.2) is 43.8 Å². The number of nitrogens with zero attached hydrogens (tertiary/aromatic N) is 1. The highest BCUT2D eigenvalue weighted by Gasteiger charge is 2.24. The Bertz CT molecular complexity index is 1500. The van der Waals surface area contributed by atoms with Crippen LogP contribution in [0.25, 0.3) is 22.4 Å². The second-order valence-electron chi connectivity index (χ2n) is 9.02. The zero-order valence-corrected chi connectivity index (χ0v) is 23.5. The summed E-state index contributed by atoms with van der Waals surface area (Å²) in [5, 5.41) is 3.27. The van der Waals surface area contributed by atoms with Crippen molar-refractivity contribution >= 4 is 42.8 Å². The van der Waals surface area contributed by atoms with Gasteiger partial charge in [-0.2, -0.15) is 8.42 Å². The van der Waals surface area contributed by atoms with E-state index in [9.17, 15) is 13.0 Å². The van der Waals surface area contributed by atoms with E-state index in [4.69, 9.17) is 14.5 Å². The number of halogens is 1. The number of fused-ring (bicyclic) bond motifs is 1. The molecule has 3 aromatic carbocycles. The molecule has 1 aromatic heterocycles. The second-order valence-corrected chi connectivity index (χ2v) is 11.2. The first-order valence-corrected chi connectivity index (χ1v) is 14.1. The van der Waals surface area contributed by atoms with Gasteiger partial charge in [-0.1, -0.05) is 50.2 Å². The van der Waals surface area contributed by atoms with Crippen LogP contribution in [0, 0.1) is 0 Å². The SMILES string of the molecule is COCCC(Nc1ccccc1S(=O)(=O)O)c1cc(OC)c2[nH]c(-c3ccc(C(C)C)cc3)nc2c1Br. The van der Waals surface area contributed by atoms with Crippen LogP contribution in [0.3, 0.4) is 0 Å². The normalized spacial score (nSPS) is 12.7. The smallest absolute Gasteiger partial charge is 0.296 e. The van der Waals surface area contributed by atoms with E-state index < -0.39 is 10.1 Å². The number of methoxy groups -OCH3 is 2. The van der Waals surface area contributed by atoms with E-state index >= 15 is 0 Å². The van der Waals surface area contributed by atoms with Crippen LogP contribution in [-0.2, 0) is 14.9 Å². The molecular formula is C27H30BrN3O5S. The largest absolute Gasteiger partial charge is 0.494 e. The summed E-state index contributed by atoms with van der Waals surface area (Å²) in [5.74, 6) is 1.74. The van der Waals surface area contributed by atoms with Gasteiger partial charge in [-0.25, -0.2) is 4.98 Å². The molecule has 0 fully saturated rings. The molecule has 1 unspecified atom stereocenters. The molecular weight excluding hydrogens is 558 g/mol. The highest BCUT2D eigenvalue weighted by Crippen LogP contribution is 2.40. The Morgan fingerprint density at radius 3 is 2.43 bits per heavy atom. The number of nitrogens with one attached hydrogen (secondary N) is 2. The third-order valence-corrected chi connectivity index (χ3v) is 7.99. The van der Waals surface area contributed by atoms with Crippen molar-refractivity contribution in [1.29, 1.82) is 0 Å². The summed E-state index contributed by atoms with van der Waals surface area (Å²) < 4.78 is 45.5. The van der Waals surface area contributed by atoms with E-state index in [2.05, 4.69) is 52.2 Å². The number of para-hydroxylation sites is 1. The lowest BCUT2D eigenvalue weighted by Crippen LogP contribution is -2.16. The Morgan fingerprint density at radius 1 is 1.11 bits per heavy atom. The zero-order chi connectivity index (χ0) is 26.7. The molecule has 8 nitrogen and oxygen atoms in total. The first-order valence-electron chi connectivity index (χ1n) is 11.8. The predicted octanol–water partition coefficient (Wildman–Crippen LogP) is 6.56. The fraction of sp³-hybridized carbons (Fsp3) is 0.296. The lowest BCUT2D eigenvalue weighted by molar-refractivity contribution is 0.190. The highest BCUT2D eigenvalue weighted by molar-refractivity contribution is 9.10. The Kier molecular flexibility index (Phi) is 8.23. The standard InChI is InChI=1S/C27H30BrN3O5S/c1-16(2)17-9-11-18(12-10-17)27-30-25-22(36-4)15-19(24(28)26(25)31-27)20(13-14-35-3)29-21-7-5-6-8-23(21)37(32,33)34/h5-12,15-16,20,29H,13-14H2,1-4H3,(H,30,31)(H,32,33,34). The number of H-pyrrole nitrogens is 1. The molecule has 1 atom stereocenters. The fourth-order valence-electron chi connectivity index (χ4n) is 4.24. The van der Waals surface area contributed by atoms with Crippen molar-refractivity contribution in [2.24, 2.45) is 0 Å². The van der Waals surface area contributed by atoms with E-state index in [1.54, 1.807) is 32.4 Å². The highest BCUT2D eigenvalue weighted by atomic mass is 79.9. The molecule has 196 valence electrons.